The van der Waals surface area contributed by atoms with Crippen LogP contribution in [0.4, 0.5) is 4.79 Å². The Balaban J connectivity index is 2.21. The van der Waals surface area contributed by atoms with E-state index in [0.29, 0.717) is 11.3 Å². The number of benzene rings is 2. The highest BCUT2D eigenvalue weighted by Gasteiger charge is 2.22. The summed E-state index contributed by atoms with van der Waals surface area (Å²) >= 11 is 3.37. The zero-order chi connectivity index (χ0) is 20.7. The average molecular weight is 450 g/mol. The largest absolute Gasteiger partial charge is 0.490 e. The number of carbonyl (C=O) groups is 2. The van der Waals surface area contributed by atoms with Crippen LogP contribution < -0.4 is 10.1 Å². The summed E-state index contributed by atoms with van der Waals surface area (Å²) in [6.45, 7) is 5.49. The monoisotopic (exact) mass is 449 g/mol. The molecule has 0 spiro atoms. The number of hydrogen-bond donors (Lipinski definition) is 1. The van der Waals surface area contributed by atoms with E-state index >= 15 is 0 Å². The highest BCUT2D eigenvalue weighted by molar-refractivity contribution is 9.10. The highest BCUT2D eigenvalue weighted by Crippen LogP contribution is 2.26. The third kappa shape index (κ3) is 6.56. The van der Waals surface area contributed by atoms with Crippen LogP contribution in [-0.4, -0.2) is 31.4 Å². The number of ether oxygens (including phenoxy) is 3. The van der Waals surface area contributed by atoms with Crippen LogP contribution >= 0.6 is 15.9 Å². The van der Waals surface area contributed by atoms with Gasteiger partial charge in [0.15, 0.2) is 0 Å². The Morgan fingerprint density at radius 3 is 2.39 bits per heavy atom. The number of rotatable bonds is 6. The van der Waals surface area contributed by atoms with Gasteiger partial charge in [0.25, 0.3) is 0 Å². The van der Waals surface area contributed by atoms with Crippen LogP contribution in [0, 0.1) is 0 Å². The van der Waals surface area contributed by atoms with Crippen molar-refractivity contribution in [3.05, 3.63) is 64.1 Å². The van der Waals surface area contributed by atoms with E-state index in [2.05, 4.69) is 21.2 Å². The lowest BCUT2D eigenvalue weighted by Crippen LogP contribution is -2.37. The first-order valence-electron chi connectivity index (χ1n) is 8.74. The molecule has 150 valence electrons. The molecule has 1 amide bonds. The summed E-state index contributed by atoms with van der Waals surface area (Å²) in [4.78, 5) is 24.2. The molecule has 0 saturated heterocycles. The Morgan fingerprint density at radius 2 is 1.79 bits per heavy atom. The highest BCUT2D eigenvalue weighted by atomic mass is 79.9. The Labute approximate surface area is 173 Å². The van der Waals surface area contributed by atoms with Gasteiger partial charge in [0, 0.05) is 4.47 Å². The number of methoxy groups -OCH3 is 1. The molecule has 1 N–H and O–H groups in total. The van der Waals surface area contributed by atoms with Gasteiger partial charge in [-0.3, -0.25) is 0 Å². The fraction of sp³-hybridized carbons (Fsp3) is 0.333. The number of hydrogen-bond acceptors (Lipinski definition) is 5. The number of alkyl carbamates (subject to hydrolysis) is 1. The molecule has 0 aliphatic rings. The molecule has 0 bridgehead atoms. The maximum absolute atomic E-state index is 12.3. The molecule has 0 heterocycles. The van der Waals surface area contributed by atoms with Gasteiger partial charge in [-0.1, -0.05) is 46.3 Å². The molecule has 0 aliphatic heterocycles. The lowest BCUT2D eigenvalue weighted by atomic mass is 10.1. The van der Waals surface area contributed by atoms with Gasteiger partial charge in [0.2, 0.25) is 0 Å². The first-order chi connectivity index (χ1) is 13.2. The normalized spacial score (nSPS) is 12.0. The Kier molecular flexibility index (Phi) is 7.45. The number of nitrogens with one attached hydrogen (secondary N) is 1. The van der Waals surface area contributed by atoms with E-state index in [1.807, 2.05) is 30.3 Å². The molecule has 0 aromatic heterocycles. The van der Waals surface area contributed by atoms with Crippen molar-refractivity contribution in [2.24, 2.45) is 0 Å². The summed E-state index contributed by atoms with van der Waals surface area (Å²) in [5, 5.41) is 2.82. The lowest BCUT2D eigenvalue weighted by Gasteiger charge is -2.24. The second-order valence-electron chi connectivity index (χ2n) is 7.05. The lowest BCUT2D eigenvalue weighted by molar-refractivity contribution is 0.0482. The molecule has 0 radical (unpaired) electrons. The minimum Gasteiger partial charge on any atom is -0.490 e. The van der Waals surface area contributed by atoms with Crippen molar-refractivity contribution in [3.8, 4) is 5.75 Å². The Hall–Kier alpha value is -2.54. The SMILES string of the molecule is COC(=O)c1ccc(Br)cc1OCC(NC(=O)OC(C)(C)C)c1ccccc1. The third-order valence-electron chi connectivity index (χ3n) is 3.65. The van der Waals surface area contributed by atoms with Gasteiger partial charge in [-0.25, -0.2) is 9.59 Å². The summed E-state index contributed by atoms with van der Waals surface area (Å²) in [5.74, 6) is -0.146. The van der Waals surface area contributed by atoms with Crippen LogP contribution in [0.5, 0.6) is 5.75 Å². The van der Waals surface area contributed by atoms with Gasteiger partial charge < -0.3 is 19.5 Å². The van der Waals surface area contributed by atoms with E-state index in [9.17, 15) is 9.59 Å². The number of amides is 1. The van der Waals surface area contributed by atoms with Gasteiger partial charge in [0.05, 0.1) is 13.2 Å². The zero-order valence-corrected chi connectivity index (χ0v) is 17.9. The molecule has 1 atom stereocenters. The fourth-order valence-electron chi connectivity index (χ4n) is 2.42. The quantitative estimate of drug-likeness (QED) is 0.635. The van der Waals surface area contributed by atoms with E-state index in [1.54, 1.807) is 39.0 Å². The number of carbonyl (C=O) groups excluding carboxylic acids is 2. The molecule has 1 unspecified atom stereocenters. The van der Waals surface area contributed by atoms with Gasteiger partial charge in [-0.05, 0) is 44.5 Å². The van der Waals surface area contributed by atoms with Crippen LogP contribution in [-0.2, 0) is 9.47 Å². The molecule has 2 aromatic carbocycles. The van der Waals surface area contributed by atoms with Crippen molar-refractivity contribution >= 4 is 28.0 Å². The molecule has 0 aliphatic carbocycles. The minimum atomic E-state index is -0.617. The van der Waals surface area contributed by atoms with Gasteiger partial charge in [-0.15, -0.1) is 0 Å². The average Bonchev–Trinajstić information content (AvgIpc) is 2.63. The van der Waals surface area contributed by atoms with Gasteiger partial charge in [0.1, 0.15) is 23.5 Å². The number of halogens is 1. The summed E-state index contributed by atoms with van der Waals surface area (Å²) < 4.78 is 16.8. The molecule has 28 heavy (non-hydrogen) atoms. The predicted molar refractivity (Wildman–Crippen MR) is 110 cm³/mol. The smallest absolute Gasteiger partial charge is 0.408 e. The van der Waals surface area contributed by atoms with Crippen molar-refractivity contribution < 1.29 is 23.8 Å². The minimum absolute atomic E-state index is 0.101. The number of esters is 1. The van der Waals surface area contributed by atoms with Gasteiger partial charge >= 0.3 is 12.1 Å². The van der Waals surface area contributed by atoms with E-state index in [1.165, 1.54) is 7.11 Å². The van der Waals surface area contributed by atoms with Crippen LogP contribution in [0.3, 0.4) is 0 Å². The Bertz CT molecular complexity index is 817. The second kappa shape index (κ2) is 9.59. The topological polar surface area (TPSA) is 73.9 Å². The first-order valence-corrected chi connectivity index (χ1v) is 9.54. The third-order valence-corrected chi connectivity index (χ3v) is 4.14. The van der Waals surface area contributed by atoms with E-state index in [4.69, 9.17) is 14.2 Å². The fourth-order valence-corrected chi connectivity index (χ4v) is 2.76. The standard InChI is InChI=1S/C21H24BrNO5/c1-21(2,3)28-20(25)23-17(14-8-6-5-7-9-14)13-27-18-12-15(22)10-11-16(18)19(24)26-4/h5-12,17H,13H2,1-4H3,(H,23,25). The molecule has 2 rings (SSSR count). The molecule has 2 aromatic rings. The van der Waals surface area contributed by atoms with E-state index < -0.39 is 23.7 Å². The van der Waals surface area contributed by atoms with Crippen LogP contribution in [0.25, 0.3) is 0 Å². The van der Waals surface area contributed by atoms with Crippen LogP contribution in [0.1, 0.15) is 42.7 Å². The van der Waals surface area contributed by atoms with Crippen LogP contribution in [0.15, 0.2) is 53.0 Å². The predicted octanol–water partition coefficient (Wildman–Crippen LogP) is 4.88. The second-order valence-corrected chi connectivity index (χ2v) is 7.97. The summed E-state index contributed by atoms with van der Waals surface area (Å²) in [6.07, 6.45) is -0.549. The van der Waals surface area contributed by atoms with E-state index in [0.717, 1.165) is 10.0 Å². The Morgan fingerprint density at radius 1 is 1.11 bits per heavy atom. The molecular formula is C21H24BrNO5. The van der Waals surface area contributed by atoms with Gasteiger partial charge in [-0.2, -0.15) is 0 Å². The maximum Gasteiger partial charge on any atom is 0.408 e. The summed E-state index contributed by atoms with van der Waals surface area (Å²) in [6, 6.07) is 14.0. The molecule has 0 fully saturated rings. The molecule has 6 nitrogen and oxygen atoms in total. The summed E-state index contributed by atoms with van der Waals surface area (Å²) in [5.41, 5.74) is 0.534. The van der Waals surface area contributed by atoms with Crippen LogP contribution in [0.2, 0.25) is 0 Å². The first kappa shape index (κ1) is 21.8. The molecule has 0 saturated carbocycles. The van der Waals surface area contributed by atoms with Crippen molar-refractivity contribution in [1.29, 1.82) is 0 Å². The molecule has 7 heteroatoms. The van der Waals surface area contributed by atoms with Crippen molar-refractivity contribution in [1.82, 2.24) is 5.32 Å². The van der Waals surface area contributed by atoms with Crippen molar-refractivity contribution in [2.45, 2.75) is 32.4 Å². The summed E-state index contributed by atoms with van der Waals surface area (Å²) in [7, 11) is 1.31. The zero-order valence-electron chi connectivity index (χ0n) is 16.3. The molecular weight excluding hydrogens is 426 g/mol. The maximum atomic E-state index is 12.3. The van der Waals surface area contributed by atoms with Crippen molar-refractivity contribution in [3.63, 3.8) is 0 Å². The van der Waals surface area contributed by atoms with Crippen molar-refractivity contribution in [2.75, 3.05) is 13.7 Å². The van der Waals surface area contributed by atoms with E-state index in [-0.39, 0.29) is 6.61 Å².